The van der Waals surface area contributed by atoms with Crippen molar-refractivity contribution in [2.24, 2.45) is 5.10 Å². The number of amides is 1. The van der Waals surface area contributed by atoms with Crippen LogP contribution in [-0.4, -0.2) is 36.1 Å². The van der Waals surface area contributed by atoms with Crippen molar-refractivity contribution in [1.29, 1.82) is 0 Å². The SMILES string of the molecule is COc1ccc(OC)c(/C=N\NC(=O)c2cc(-c3ccc(-c4ccccc4)cc3)n(-c3cccc(C)c3)n2)c1. The fourth-order valence-corrected chi connectivity index (χ4v) is 4.28. The summed E-state index contributed by atoms with van der Waals surface area (Å²) in [6.07, 6.45) is 1.51. The van der Waals surface area contributed by atoms with E-state index in [4.69, 9.17) is 9.47 Å². The summed E-state index contributed by atoms with van der Waals surface area (Å²) in [5.74, 6) is 0.837. The number of nitrogens with zero attached hydrogens (tertiary/aromatic N) is 3. The molecule has 0 aliphatic rings. The first kappa shape index (κ1) is 25.5. The molecule has 7 nitrogen and oxygen atoms in total. The molecule has 7 heteroatoms. The zero-order valence-corrected chi connectivity index (χ0v) is 22.0. The maximum absolute atomic E-state index is 13.1. The zero-order valence-electron chi connectivity index (χ0n) is 22.0. The van der Waals surface area contributed by atoms with E-state index in [1.54, 1.807) is 43.2 Å². The molecule has 1 N–H and O–H groups in total. The Morgan fingerprint density at radius 2 is 1.56 bits per heavy atom. The van der Waals surface area contributed by atoms with E-state index < -0.39 is 5.91 Å². The van der Waals surface area contributed by atoms with E-state index in [1.807, 2.05) is 61.5 Å². The van der Waals surface area contributed by atoms with E-state index >= 15 is 0 Å². The Hall–Kier alpha value is -5.17. The van der Waals surface area contributed by atoms with Crippen LogP contribution in [0.2, 0.25) is 0 Å². The first-order chi connectivity index (χ1) is 19.1. The summed E-state index contributed by atoms with van der Waals surface area (Å²) in [7, 11) is 3.16. The third-order valence-corrected chi connectivity index (χ3v) is 6.28. The van der Waals surface area contributed by atoms with Crippen molar-refractivity contribution in [3.8, 4) is 39.6 Å². The fourth-order valence-electron chi connectivity index (χ4n) is 4.28. The van der Waals surface area contributed by atoms with Gasteiger partial charge in [0, 0.05) is 11.1 Å². The van der Waals surface area contributed by atoms with Crippen LogP contribution in [0.3, 0.4) is 0 Å². The van der Waals surface area contributed by atoms with Gasteiger partial charge < -0.3 is 9.47 Å². The summed E-state index contributed by atoms with van der Waals surface area (Å²) < 4.78 is 12.4. The van der Waals surface area contributed by atoms with Crippen LogP contribution < -0.4 is 14.9 Å². The molecule has 0 bridgehead atoms. The smallest absolute Gasteiger partial charge is 0.291 e. The molecule has 0 radical (unpaired) electrons. The van der Waals surface area contributed by atoms with Gasteiger partial charge in [0.2, 0.25) is 0 Å². The number of benzene rings is 4. The highest BCUT2D eigenvalue weighted by Crippen LogP contribution is 2.28. The summed E-state index contributed by atoms with van der Waals surface area (Å²) in [6, 6.07) is 33.6. The molecule has 5 rings (SSSR count). The number of nitrogens with one attached hydrogen (secondary N) is 1. The molecule has 0 aliphatic carbocycles. The molecule has 0 unspecified atom stereocenters. The summed E-state index contributed by atoms with van der Waals surface area (Å²) in [5, 5.41) is 8.79. The predicted molar refractivity (Wildman–Crippen MR) is 154 cm³/mol. The monoisotopic (exact) mass is 516 g/mol. The number of rotatable bonds is 8. The van der Waals surface area contributed by atoms with Gasteiger partial charge in [-0.05, 0) is 60.0 Å². The lowest BCUT2D eigenvalue weighted by Crippen LogP contribution is -2.18. The van der Waals surface area contributed by atoms with E-state index in [1.165, 1.54) is 6.21 Å². The van der Waals surface area contributed by atoms with Gasteiger partial charge in [0.25, 0.3) is 5.91 Å². The number of hydrogen-bond donors (Lipinski definition) is 1. The Morgan fingerprint density at radius 1 is 0.821 bits per heavy atom. The van der Waals surface area contributed by atoms with Crippen LogP contribution in [-0.2, 0) is 0 Å². The molecule has 5 aromatic rings. The van der Waals surface area contributed by atoms with E-state index in [0.29, 0.717) is 17.1 Å². The predicted octanol–water partition coefficient (Wildman–Crippen LogP) is 6.30. The third kappa shape index (κ3) is 5.72. The van der Waals surface area contributed by atoms with E-state index in [-0.39, 0.29) is 5.69 Å². The van der Waals surface area contributed by atoms with Crippen molar-refractivity contribution < 1.29 is 14.3 Å². The Morgan fingerprint density at radius 3 is 2.28 bits per heavy atom. The number of carbonyl (C=O) groups excluding carboxylic acids is 1. The van der Waals surface area contributed by atoms with Crippen molar-refractivity contribution in [2.75, 3.05) is 14.2 Å². The lowest BCUT2D eigenvalue weighted by atomic mass is 10.0. The summed E-state index contributed by atoms with van der Waals surface area (Å²) in [6.45, 7) is 2.02. The normalized spacial score (nSPS) is 10.9. The quantitative estimate of drug-likeness (QED) is 0.194. The van der Waals surface area contributed by atoms with Crippen LogP contribution in [0, 0.1) is 6.92 Å². The number of hydrazone groups is 1. The molecule has 0 saturated heterocycles. The van der Waals surface area contributed by atoms with Crippen LogP contribution >= 0.6 is 0 Å². The van der Waals surface area contributed by atoms with Gasteiger partial charge in [-0.25, -0.2) is 10.1 Å². The van der Waals surface area contributed by atoms with E-state index in [2.05, 4.69) is 39.9 Å². The molecule has 4 aromatic carbocycles. The number of hydrogen-bond acceptors (Lipinski definition) is 5. The highest BCUT2D eigenvalue weighted by Gasteiger charge is 2.17. The van der Waals surface area contributed by atoms with Gasteiger partial charge in [-0.1, -0.05) is 66.7 Å². The molecule has 194 valence electrons. The molecule has 0 spiro atoms. The summed E-state index contributed by atoms with van der Waals surface area (Å²) in [4.78, 5) is 13.1. The lowest BCUT2D eigenvalue weighted by molar-refractivity contribution is 0.0949. The van der Waals surface area contributed by atoms with Crippen LogP contribution in [0.4, 0.5) is 0 Å². The summed E-state index contributed by atoms with van der Waals surface area (Å²) in [5.41, 5.74) is 9.43. The van der Waals surface area contributed by atoms with Crippen molar-refractivity contribution in [2.45, 2.75) is 6.92 Å². The molecule has 0 atom stereocenters. The second-order valence-corrected chi connectivity index (χ2v) is 8.92. The average Bonchev–Trinajstić information content (AvgIpc) is 3.43. The molecule has 39 heavy (non-hydrogen) atoms. The second kappa shape index (κ2) is 11.5. The van der Waals surface area contributed by atoms with Crippen LogP contribution in [0.5, 0.6) is 11.5 Å². The fraction of sp³-hybridized carbons (Fsp3) is 0.0938. The van der Waals surface area contributed by atoms with Gasteiger partial charge in [-0.3, -0.25) is 4.79 Å². The summed E-state index contributed by atoms with van der Waals surface area (Å²) >= 11 is 0. The highest BCUT2D eigenvalue weighted by atomic mass is 16.5. The first-order valence-electron chi connectivity index (χ1n) is 12.4. The van der Waals surface area contributed by atoms with Crippen molar-refractivity contribution >= 4 is 12.1 Å². The maximum Gasteiger partial charge on any atom is 0.291 e. The Balaban J connectivity index is 1.45. The van der Waals surface area contributed by atoms with Crippen LogP contribution in [0.15, 0.2) is 108 Å². The maximum atomic E-state index is 13.1. The standard InChI is InChI=1S/C32H28N4O3/c1-22-8-7-11-27(18-22)36-30(25-14-12-24(13-15-25)23-9-5-4-6-10-23)20-29(35-36)32(37)34-33-21-26-19-28(38-2)16-17-31(26)39-3/h4-21H,1-3H3,(H,34,37)/b33-21-. The Kier molecular flexibility index (Phi) is 7.50. The third-order valence-electron chi connectivity index (χ3n) is 6.28. The first-order valence-corrected chi connectivity index (χ1v) is 12.4. The largest absolute Gasteiger partial charge is 0.497 e. The molecule has 1 amide bonds. The van der Waals surface area contributed by atoms with Gasteiger partial charge in [-0.15, -0.1) is 0 Å². The number of aryl methyl sites for hydroxylation is 1. The van der Waals surface area contributed by atoms with E-state index in [9.17, 15) is 4.79 Å². The average molecular weight is 517 g/mol. The minimum atomic E-state index is -0.429. The molecule has 0 aliphatic heterocycles. The lowest BCUT2D eigenvalue weighted by Gasteiger charge is -2.09. The number of carbonyl (C=O) groups is 1. The molecule has 0 saturated carbocycles. The Bertz CT molecular complexity index is 1620. The number of methoxy groups -OCH3 is 2. The van der Waals surface area contributed by atoms with Gasteiger partial charge in [-0.2, -0.15) is 10.2 Å². The topological polar surface area (TPSA) is 77.7 Å². The second-order valence-electron chi connectivity index (χ2n) is 8.92. The minimum Gasteiger partial charge on any atom is -0.497 e. The van der Waals surface area contributed by atoms with Crippen molar-refractivity contribution in [3.05, 3.63) is 120 Å². The molecule has 1 aromatic heterocycles. The number of ether oxygens (including phenoxy) is 2. The van der Waals surface area contributed by atoms with Gasteiger partial charge in [0.1, 0.15) is 11.5 Å². The van der Waals surface area contributed by atoms with Gasteiger partial charge in [0.05, 0.1) is 31.8 Å². The van der Waals surface area contributed by atoms with E-state index in [0.717, 1.165) is 33.6 Å². The Labute approximate surface area is 227 Å². The molecule has 1 heterocycles. The highest BCUT2D eigenvalue weighted by molar-refractivity contribution is 5.94. The number of aromatic nitrogens is 2. The van der Waals surface area contributed by atoms with Crippen molar-refractivity contribution in [3.63, 3.8) is 0 Å². The van der Waals surface area contributed by atoms with Gasteiger partial charge in [0.15, 0.2) is 5.69 Å². The van der Waals surface area contributed by atoms with Crippen LogP contribution in [0.1, 0.15) is 21.6 Å². The van der Waals surface area contributed by atoms with Crippen LogP contribution in [0.25, 0.3) is 28.1 Å². The molecular weight excluding hydrogens is 488 g/mol. The molecule has 0 fully saturated rings. The molecular formula is C32H28N4O3. The minimum absolute atomic E-state index is 0.244. The zero-order chi connectivity index (χ0) is 27.2. The van der Waals surface area contributed by atoms with Gasteiger partial charge >= 0.3 is 0 Å². The van der Waals surface area contributed by atoms with Crippen molar-refractivity contribution in [1.82, 2.24) is 15.2 Å².